The minimum atomic E-state index is -0.587. The molecule has 0 radical (unpaired) electrons. The molecule has 0 bridgehead atoms. The van der Waals surface area contributed by atoms with E-state index in [4.69, 9.17) is 8.23 Å². The van der Waals surface area contributed by atoms with Crippen LogP contribution in [0, 0.1) is 0 Å². The van der Waals surface area contributed by atoms with Gasteiger partial charge in [0, 0.05) is 6.42 Å². The minimum absolute atomic E-state index is 0.0824. The molecule has 0 aromatic carbocycles. The standard InChI is InChI=1S/C12H30O4Si3/c1-11(18-16-19-15-17)9-7-5-3-4-6-8-10-12(13)14-2/h11H,3-10,18-19H2,1-2,17H3. The van der Waals surface area contributed by atoms with Gasteiger partial charge in [-0.05, 0) is 12.0 Å². The topological polar surface area (TPSA) is 44.8 Å². The monoisotopic (exact) mass is 322 g/mol. The molecule has 1 atom stereocenters. The number of carbonyl (C=O) groups excluding carboxylic acids is 1. The predicted molar refractivity (Wildman–Crippen MR) is 87.6 cm³/mol. The molecule has 0 aromatic rings. The molecular formula is C12H30O4Si3. The van der Waals surface area contributed by atoms with Gasteiger partial charge in [0.25, 0.3) is 10.0 Å². The molecule has 0 aliphatic rings. The lowest BCUT2D eigenvalue weighted by molar-refractivity contribution is -0.140. The Morgan fingerprint density at radius 2 is 1.79 bits per heavy atom. The molecule has 0 N–H and O–H groups in total. The summed E-state index contributed by atoms with van der Waals surface area (Å²) < 4.78 is 15.4. The van der Waals surface area contributed by atoms with Crippen molar-refractivity contribution in [1.29, 1.82) is 0 Å². The van der Waals surface area contributed by atoms with Gasteiger partial charge < -0.3 is 13.0 Å². The van der Waals surface area contributed by atoms with Crippen molar-refractivity contribution in [2.75, 3.05) is 7.11 Å². The van der Waals surface area contributed by atoms with Crippen LogP contribution in [0.3, 0.4) is 0 Å². The van der Waals surface area contributed by atoms with E-state index in [9.17, 15) is 4.79 Å². The van der Waals surface area contributed by atoms with Gasteiger partial charge in [0.15, 0.2) is 9.76 Å². The van der Waals surface area contributed by atoms with Crippen LogP contribution in [0.1, 0.15) is 58.3 Å². The lowest BCUT2D eigenvalue weighted by atomic mass is 10.1. The van der Waals surface area contributed by atoms with Crippen molar-refractivity contribution in [3.8, 4) is 0 Å². The second kappa shape index (κ2) is 14.4. The van der Waals surface area contributed by atoms with E-state index in [1.165, 1.54) is 39.2 Å². The first-order chi connectivity index (χ1) is 9.20. The maximum absolute atomic E-state index is 10.9. The van der Waals surface area contributed by atoms with Crippen LogP contribution in [0.15, 0.2) is 0 Å². The van der Waals surface area contributed by atoms with Gasteiger partial charge in [-0.3, -0.25) is 4.79 Å². The van der Waals surface area contributed by atoms with Crippen molar-refractivity contribution < 1.29 is 17.8 Å². The van der Waals surface area contributed by atoms with Gasteiger partial charge in [-0.2, -0.15) is 0 Å². The highest BCUT2D eigenvalue weighted by molar-refractivity contribution is 6.42. The second-order valence-electron chi connectivity index (χ2n) is 5.12. The van der Waals surface area contributed by atoms with E-state index < -0.39 is 10.0 Å². The number of esters is 1. The molecule has 0 heterocycles. The van der Waals surface area contributed by atoms with Gasteiger partial charge in [0.05, 0.1) is 7.11 Å². The highest BCUT2D eigenvalue weighted by Gasteiger charge is 2.03. The Bertz CT molecular complexity index is 217. The van der Waals surface area contributed by atoms with E-state index in [1.54, 1.807) is 0 Å². The van der Waals surface area contributed by atoms with E-state index in [0.717, 1.165) is 28.9 Å². The highest BCUT2D eigenvalue weighted by atomic mass is 28.3. The third kappa shape index (κ3) is 14.3. The zero-order chi connectivity index (χ0) is 14.3. The van der Waals surface area contributed by atoms with Crippen molar-refractivity contribution in [1.82, 2.24) is 0 Å². The molecule has 0 aliphatic carbocycles. The molecule has 19 heavy (non-hydrogen) atoms. The van der Waals surface area contributed by atoms with E-state index in [-0.39, 0.29) is 15.7 Å². The van der Waals surface area contributed by atoms with Gasteiger partial charge in [0.1, 0.15) is 10.5 Å². The van der Waals surface area contributed by atoms with Gasteiger partial charge >= 0.3 is 5.97 Å². The second-order valence-corrected chi connectivity index (χ2v) is 11.0. The lowest BCUT2D eigenvalue weighted by Crippen LogP contribution is -2.10. The molecule has 0 spiro atoms. The first-order valence-corrected chi connectivity index (χ1v) is 10.7. The molecule has 114 valence electrons. The highest BCUT2D eigenvalue weighted by Crippen LogP contribution is 2.15. The fourth-order valence-corrected chi connectivity index (χ4v) is 6.60. The molecule has 0 saturated heterocycles. The third-order valence-electron chi connectivity index (χ3n) is 3.16. The van der Waals surface area contributed by atoms with Crippen LogP contribution in [0.25, 0.3) is 0 Å². The fraction of sp³-hybridized carbons (Fsp3) is 0.917. The molecule has 0 aliphatic heterocycles. The third-order valence-corrected chi connectivity index (χ3v) is 6.69. The van der Waals surface area contributed by atoms with Crippen LogP contribution < -0.4 is 0 Å². The summed E-state index contributed by atoms with van der Waals surface area (Å²) in [6.45, 7) is 2.31. The lowest BCUT2D eigenvalue weighted by Gasteiger charge is -2.10. The Morgan fingerprint density at radius 3 is 2.42 bits per heavy atom. The number of ether oxygens (including phenoxy) is 1. The summed E-state index contributed by atoms with van der Waals surface area (Å²) in [6.07, 6.45) is 9.14. The van der Waals surface area contributed by atoms with Crippen LogP contribution in [-0.4, -0.2) is 43.3 Å². The maximum atomic E-state index is 10.9. The van der Waals surface area contributed by atoms with Crippen molar-refractivity contribution in [3.63, 3.8) is 0 Å². The van der Waals surface area contributed by atoms with Crippen LogP contribution >= 0.6 is 0 Å². The van der Waals surface area contributed by atoms with Crippen LogP contribution in [0.5, 0.6) is 0 Å². The van der Waals surface area contributed by atoms with E-state index in [0.29, 0.717) is 6.42 Å². The largest absolute Gasteiger partial charge is 0.469 e. The maximum Gasteiger partial charge on any atom is 0.305 e. The summed E-state index contributed by atoms with van der Waals surface area (Å²) >= 11 is 0. The van der Waals surface area contributed by atoms with Crippen molar-refractivity contribution in [3.05, 3.63) is 0 Å². The van der Waals surface area contributed by atoms with Crippen LogP contribution in [0.2, 0.25) is 5.54 Å². The predicted octanol–water partition coefficient (Wildman–Crippen LogP) is 0.485. The normalized spacial score (nSPS) is 13.8. The summed E-state index contributed by atoms with van der Waals surface area (Å²) in [5, 5.41) is 0. The molecule has 0 fully saturated rings. The van der Waals surface area contributed by atoms with Crippen molar-refractivity contribution in [2.24, 2.45) is 0 Å². The number of unbranched alkanes of at least 4 members (excludes halogenated alkanes) is 5. The number of carbonyl (C=O) groups is 1. The Morgan fingerprint density at radius 1 is 1.16 bits per heavy atom. The van der Waals surface area contributed by atoms with Crippen molar-refractivity contribution >= 4 is 36.2 Å². The first kappa shape index (κ1) is 19.0. The average molecular weight is 323 g/mol. The Hall–Kier alpha value is 0.0406. The van der Waals surface area contributed by atoms with Crippen molar-refractivity contribution in [2.45, 2.75) is 63.8 Å². The number of hydrogen-bond donors (Lipinski definition) is 0. The van der Waals surface area contributed by atoms with Crippen LogP contribution in [0.4, 0.5) is 0 Å². The molecule has 0 saturated carbocycles. The molecule has 4 nitrogen and oxygen atoms in total. The molecule has 1 unspecified atom stereocenters. The molecule has 0 rings (SSSR count). The summed E-state index contributed by atoms with van der Waals surface area (Å²) in [6, 6.07) is 0. The molecule has 0 amide bonds. The van der Waals surface area contributed by atoms with Gasteiger partial charge in [-0.15, -0.1) is 0 Å². The van der Waals surface area contributed by atoms with E-state index >= 15 is 0 Å². The Balaban J connectivity index is 3.15. The number of hydrogen-bond acceptors (Lipinski definition) is 4. The number of rotatable bonds is 13. The first-order valence-electron chi connectivity index (χ1n) is 7.34. The summed E-state index contributed by atoms with van der Waals surface area (Å²) in [5.74, 6) is -0.0824. The minimum Gasteiger partial charge on any atom is -0.469 e. The zero-order valence-corrected chi connectivity index (χ0v) is 17.6. The molecular weight excluding hydrogens is 292 g/mol. The van der Waals surface area contributed by atoms with Crippen LogP contribution in [-0.2, 0) is 17.8 Å². The Kier molecular flexibility index (Phi) is 14.5. The van der Waals surface area contributed by atoms with E-state index in [2.05, 4.69) is 11.7 Å². The quantitative estimate of drug-likeness (QED) is 0.281. The van der Waals surface area contributed by atoms with Gasteiger partial charge in [0.2, 0.25) is 0 Å². The molecule has 7 heteroatoms. The number of methoxy groups -OCH3 is 1. The van der Waals surface area contributed by atoms with Gasteiger partial charge in [-0.1, -0.05) is 45.4 Å². The average Bonchev–Trinajstić information content (AvgIpc) is 2.41. The summed E-state index contributed by atoms with van der Waals surface area (Å²) in [5.41, 5.74) is 0.795. The van der Waals surface area contributed by atoms with E-state index in [1.807, 2.05) is 0 Å². The fourth-order valence-electron chi connectivity index (χ4n) is 1.99. The SMILES string of the molecule is COC(=O)CCCCCCCCC(C)[SiH2]O[SiH2]O[SiH3]. The Labute approximate surface area is 125 Å². The van der Waals surface area contributed by atoms with Gasteiger partial charge in [-0.25, -0.2) is 0 Å². The smallest absolute Gasteiger partial charge is 0.305 e. The zero-order valence-electron chi connectivity index (χ0n) is 12.8. The summed E-state index contributed by atoms with van der Waals surface area (Å²) in [7, 11) is 1.37. The molecule has 0 aromatic heterocycles. The summed E-state index contributed by atoms with van der Waals surface area (Å²) in [4.78, 5) is 10.9.